The zero-order valence-corrected chi connectivity index (χ0v) is 15.2. The number of anilines is 1. The molecule has 3 aliphatic rings. The molecule has 3 heterocycles. The summed E-state index contributed by atoms with van der Waals surface area (Å²) in [7, 11) is 0. The molecular formula is C16H19BrN2O3S. The second-order valence-corrected chi connectivity index (χ2v) is 8.07. The number of thioether (sulfide) groups is 1. The van der Waals surface area contributed by atoms with Crippen LogP contribution in [0, 0.1) is 0 Å². The molecule has 0 aliphatic carbocycles. The number of hydrogen-bond acceptors (Lipinski definition) is 5. The van der Waals surface area contributed by atoms with Crippen LogP contribution >= 0.6 is 27.7 Å². The molecule has 0 bridgehead atoms. The molecule has 124 valence electrons. The summed E-state index contributed by atoms with van der Waals surface area (Å²) < 4.78 is 12.7. The Morgan fingerprint density at radius 1 is 1.22 bits per heavy atom. The van der Waals surface area contributed by atoms with Crippen LogP contribution < -0.4 is 4.90 Å². The summed E-state index contributed by atoms with van der Waals surface area (Å²) in [6, 6.07) is 5.89. The van der Waals surface area contributed by atoms with Gasteiger partial charge >= 0.3 is 0 Å². The van der Waals surface area contributed by atoms with Crippen LogP contribution in [0.4, 0.5) is 5.69 Å². The van der Waals surface area contributed by atoms with Gasteiger partial charge in [0.1, 0.15) is 0 Å². The van der Waals surface area contributed by atoms with Gasteiger partial charge in [0.2, 0.25) is 0 Å². The van der Waals surface area contributed by atoms with E-state index < -0.39 is 5.79 Å². The highest BCUT2D eigenvalue weighted by Gasteiger charge is 2.55. The quantitative estimate of drug-likeness (QED) is 0.764. The summed E-state index contributed by atoms with van der Waals surface area (Å²) in [4.78, 5) is 17.3. The third-order valence-corrected chi connectivity index (χ3v) is 5.91. The van der Waals surface area contributed by atoms with Gasteiger partial charge < -0.3 is 9.47 Å². The van der Waals surface area contributed by atoms with E-state index in [0.29, 0.717) is 19.9 Å². The second kappa shape index (κ2) is 6.37. The van der Waals surface area contributed by atoms with Gasteiger partial charge in [-0.2, -0.15) is 11.8 Å². The molecule has 1 aromatic carbocycles. The Labute approximate surface area is 148 Å². The van der Waals surface area contributed by atoms with E-state index in [-0.39, 0.29) is 5.91 Å². The smallest absolute Gasteiger partial charge is 0.293 e. The lowest BCUT2D eigenvalue weighted by molar-refractivity contribution is -0.257. The highest BCUT2D eigenvalue weighted by molar-refractivity contribution is 9.10. The number of rotatable bonds is 2. The van der Waals surface area contributed by atoms with Crippen LogP contribution in [0.3, 0.4) is 0 Å². The third kappa shape index (κ3) is 2.72. The van der Waals surface area contributed by atoms with Crippen LogP contribution in [0.15, 0.2) is 22.7 Å². The Morgan fingerprint density at radius 3 is 2.70 bits per heavy atom. The zero-order chi connectivity index (χ0) is 15.9. The standard InChI is InChI=1S/C16H19BrN2O3S/c17-12-2-3-14-13(10-12)16(21-6-1-7-22-16)15(20)19(14)11-18-4-8-23-9-5-18/h2-3,10H,1,4-9,11H2. The van der Waals surface area contributed by atoms with Gasteiger partial charge in [0.25, 0.3) is 11.7 Å². The SMILES string of the molecule is O=C1N(CN2CCSCC2)c2ccc(Br)cc2C12OCCCO2. The average Bonchev–Trinajstić information content (AvgIpc) is 2.79. The van der Waals surface area contributed by atoms with E-state index in [2.05, 4.69) is 20.8 Å². The summed E-state index contributed by atoms with van der Waals surface area (Å²) in [5.74, 6) is 0.895. The summed E-state index contributed by atoms with van der Waals surface area (Å²) in [5, 5.41) is 0. The fraction of sp³-hybridized carbons (Fsp3) is 0.562. The molecule has 0 atom stereocenters. The van der Waals surface area contributed by atoms with Crippen LogP contribution in [0.5, 0.6) is 0 Å². The molecule has 0 N–H and O–H groups in total. The monoisotopic (exact) mass is 398 g/mol. The van der Waals surface area contributed by atoms with E-state index in [1.807, 2.05) is 34.9 Å². The van der Waals surface area contributed by atoms with E-state index in [9.17, 15) is 4.79 Å². The summed E-state index contributed by atoms with van der Waals surface area (Å²) in [5.41, 5.74) is 1.72. The fourth-order valence-corrected chi connectivity index (χ4v) is 4.64. The zero-order valence-electron chi connectivity index (χ0n) is 12.8. The largest absolute Gasteiger partial charge is 0.338 e. The van der Waals surface area contributed by atoms with Crippen molar-refractivity contribution in [1.29, 1.82) is 0 Å². The molecule has 1 amide bonds. The first-order valence-electron chi connectivity index (χ1n) is 7.91. The molecule has 0 saturated carbocycles. The number of nitrogens with zero attached hydrogens (tertiary/aromatic N) is 2. The molecule has 0 radical (unpaired) electrons. The van der Waals surface area contributed by atoms with Crippen molar-refractivity contribution < 1.29 is 14.3 Å². The van der Waals surface area contributed by atoms with Crippen molar-refractivity contribution in [2.45, 2.75) is 12.2 Å². The van der Waals surface area contributed by atoms with Gasteiger partial charge in [-0.05, 0) is 24.6 Å². The van der Waals surface area contributed by atoms with Crippen molar-refractivity contribution in [1.82, 2.24) is 4.90 Å². The Balaban J connectivity index is 1.69. The van der Waals surface area contributed by atoms with Crippen molar-refractivity contribution in [2.75, 3.05) is 49.4 Å². The minimum Gasteiger partial charge on any atom is -0.338 e. The third-order valence-electron chi connectivity index (χ3n) is 4.48. The number of hydrogen-bond donors (Lipinski definition) is 0. The first kappa shape index (κ1) is 15.9. The molecule has 1 spiro atoms. The van der Waals surface area contributed by atoms with Gasteiger partial charge in [-0.25, -0.2) is 0 Å². The first-order valence-corrected chi connectivity index (χ1v) is 9.85. The normalized spacial score (nSPS) is 24.2. The van der Waals surface area contributed by atoms with Crippen molar-refractivity contribution in [2.24, 2.45) is 0 Å². The number of amides is 1. The van der Waals surface area contributed by atoms with E-state index in [0.717, 1.165) is 46.7 Å². The maximum absolute atomic E-state index is 13.2. The van der Waals surface area contributed by atoms with Crippen LogP contribution in [0.25, 0.3) is 0 Å². The number of carbonyl (C=O) groups is 1. The summed E-state index contributed by atoms with van der Waals surface area (Å²) in [6.45, 7) is 3.71. The topological polar surface area (TPSA) is 42.0 Å². The maximum Gasteiger partial charge on any atom is 0.293 e. The number of carbonyl (C=O) groups excluding carboxylic acids is 1. The predicted octanol–water partition coefficient (Wildman–Crippen LogP) is 2.39. The predicted molar refractivity (Wildman–Crippen MR) is 93.6 cm³/mol. The van der Waals surface area contributed by atoms with E-state index in [1.165, 1.54) is 0 Å². The molecule has 2 fully saturated rings. The minimum absolute atomic E-state index is 0.0940. The van der Waals surface area contributed by atoms with Crippen molar-refractivity contribution in [3.63, 3.8) is 0 Å². The lowest BCUT2D eigenvalue weighted by Crippen LogP contribution is -2.50. The Kier molecular flexibility index (Phi) is 4.40. The van der Waals surface area contributed by atoms with Crippen LogP contribution in [-0.4, -0.2) is 55.3 Å². The van der Waals surface area contributed by atoms with Crippen LogP contribution in [-0.2, 0) is 20.1 Å². The fourth-order valence-electron chi connectivity index (χ4n) is 3.30. The Bertz CT molecular complexity index is 615. The van der Waals surface area contributed by atoms with Gasteiger partial charge in [-0.3, -0.25) is 14.6 Å². The second-order valence-electron chi connectivity index (χ2n) is 5.93. The molecule has 7 heteroatoms. The van der Waals surface area contributed by atoms with Crippen molar-refractivity contribution in [3.8, 4) is 0 Å². The molecule has 3 aliphatic heterocycles. The van der Waals surface area contributed by atoms with Crippen LogP contribution in [0.1, 0.15) is 12.0 Å². The number of benzene rings is 1. The Hall–Kier alpha value is -0.600. The van der Waals surface area contributed by atoms with Gasteiger partial charge in [0.15, 0.2) is 0 Å². The Morgan fingerprint density at radius 2 is 1.96 bits per heavy atom. The molecule has 5 nitrogen and oxygen atoms in total. The first-order chi connectivity index (χ1) is 11.2. The van der Waals surface area contributed by atoms with Gasteiger partial charge in [-0.15, -0.1) is 0 Å². The maximum atomic E-state index is 13.2. The molecule has 4 rings (SSSR count). The van der Waals surface area contributed by atoms with E-state index in [1.54, 1.807) is 0 Å². The van der Waals surface area contributed by atoms with E-state index >= 15 is 0 Å². The van der Waals surface area contributed by atoms with Gasteiger partial charge in [-0.1, -0.05) is 15.9 Å². The summed E-state index contributed by atoms with van der Waals surface area (Å²) >= 11 is 5.46. The molecular weight excluding hydrogens is 380 g/mol. The molecule has 23 heavy (non-hydrogen) atoms. The van der Waals surface area contributed by atoms with Gasteiger partial charge in [0, 0.05) is 34.6 Å². The molecule has 1 aromatic rings. The van der Waals surface area contributed by atoms with Crippen molar-refractivity contribution in [3.05, 3.63) is 28.2 Å². The highest BCUT2D eigenvalue weighted by atomic mass is 79.9. The highest BCUT2D eigenvalue weighted by Crippen LogP contribution is 2.46. The van der Waals surface area contributed by atoms with E-state index in [4.69, 9.17) is 9.47 Å². The lowest BCUT2D eigenvalue weighted by Gasteiger charge is -2.34. The summed E-state index contributed by atoms with van der Waals surface area (Å²) in [6.07, 6.45) is 0.821. The average molecular weight is 399 g/mol. The molecule has 2 saturated heterocycles. The minimum atomic E-state index is -1.25. The number of ether oxygens (including phenoxy) is 2. The molecule has 0 aromatic heterocycles. The van der Waals surface area contributed by atoms with Gasteiger partial charge in [0.05, 0.1) is 25.6 Å². The van der Waals surface area contributed by atoms with Crippen LogP contribution in [0.2, 0.25) is 0 Å². The number of fused-ring (bicyclic) bond motifs is 2. The molecule has 0 unspecified atom stereocenters. The number of halogens is 1. The lowest BCUT2D eigenvalue weighted by atomic mass is 10.1. The van der Waals surface area contributed by atoms with Crippen molar-refractivity contribution >= 4 is 39.3 Å².